The van der Waals surface area contributed by atoms with E-state index in [1.54, 1.807) is 10.9 Å². The highest BCUT2D eigenvalue weighted by Gasteiger charge is 2.44. The smallest absolute Gasteiger partial charge is 0.331 e. The molecule has 0 saturated carbocycles. The minimum Gasteiger partial charge on any atom is -0.479 e. The van der Waals surface area contributed by atoms with Crippen molar-refractivity contribution in [3.05, 3.63) is 41.6 Å². The summed E-state index contributed by atoms with van der Waals surface area (Å²) in [6.07, 6.45) is 5.73. The van der Waals surface area contributed by atoms with Crippen LogP contribution in [0.5, 0.6) is 0 Å². The fraction of sp³-hybridized carbons (Fsp3) is 0.579. The van der Waals surface area contributed by atoms with Crippen molar-refractivity contribution < 1.29 is 14.3 Å². The first-order valence-electron chi connectivity index (χ1n) is 8.94. The van der Waals surface area contributed by atoms with Gasteiger partial charge in [0.1, 0.15) is 11.5 Å². The molecule has 0 aromatic carbocycles. The van der Waals surface area contributed by atoms with E-state index < -0.39 is 11.5 Å². The van der Waals surface area contributed by atoms with E-state index in [0.29, 0.717) is 18.8 Å². The maximum absolute atomic E-state index is 12.0. The number of carbonyl (C=O) groups is 1. The van der Waals surface area contributed by atoms with E-state index in [0.717, 1.165) is 43.1 Å². The van der Waals surface area contributed by atoms with Gasteiger partial charge in [-0.1, -0.05) is 6.92 Å². The molecule has 0 bridgehead atoms. The number of aryl methyl sites for hydroxylation is 2. The molecule has 25 heavy (non-hydrogen) atoms. The highest BCUT2D eigenvalue weighted by atomic mass is 16.4. The van der Waals surface area contributed by atoms with Gasteiger partial charge in [-0.05, 0) is 57.4 Å². The summed E-state index contributed by atoms with van der Waals surface area (Å²) in [4.78, 5) is 14.3. The summed E-state index contributed by atoms with van der Waals surface area (Å²) in [5.74, 6) is 1.56. The monoisotopic (exact) mass is 345 g/mol. The molecule has 6 nitrogen and oxygen atoms in total. The molecular formula is C19H27N3O3. The van der Waals surface area contributed by atoms with Gasteiger partial charge in [0.25, 0.3) is 0 Å². The molecule has 2 aromatic rings. The number of nitrogens with zero attached hydrogens (tertiary/aromatic N) is 3. The van der Waals surface area contributed by atoms with Gasteiger partial charge in [0.2, 0.25) is 0 Å². The lowest BCUT2D eigenvalue weighted by atomic mass is 9.87. The standard InChI is InChI=1S/C19H27N3O3/c1-14-12-20-22(13-14)19(18(23)24)7-10-21(11-8-19)9-6-15(2)17-5-4-16(3)25-17/h4-5,12-13,15H,6-11H2,1-3H3,(H,23,24). The van der Waals surface area contributed by atoms with Crippen LogP contribution in [0.3, 0.4) is 0 Å². The number of hydrogen-bond acceptors (Lipinski definition) is 4. The van der Waals surface area contributed by atoms with Gasteiger partial charge in [0.15, 0.2) is 5.54 Å². The molecular weight excluding hydrogens is 318 g/mol. The Bertz CT molecular complexity index is 726. The van der Waals surface area contributed by atoms with Crippen LogP contribution in [0.2, 0.25) is 0 Å². The second kappa shape index (κ2) is 7.04. The second-order valence-corrected chi connectivity index (χ2v) is 7.28. The van der Waals surface area contributed by atoms with E-state index in [2.05, 4.69) is 16.9 Å². The van der Waals surface area contributed by atoms with Crippen molar-refractivity contribution >= 4 is 5.97 Å². The van der Waals surface area contributed by atoms with Crippen molar-refractivity contribution in [2.75, 3.05) is 19.6 Å². The zero-order chi connectivity index (χ0) is 18.0. The lowest BCUT2D eigenvalue weighted by molar-refractivity contribution is -0.151. The summed E-state index contributed by atoms with van der Waals surface area (Å²) >= 11 is 0. The van der Waals surface area contributed by atoms with Crippen molar-refractivity contribution in [1.29, 1.82) is 0 Å². The molecule has 136 valence electrons. The molecule has 1 aliphatic rings. The highest BCUT2D eigenvalue weighted by Crippen LogP contribution is 2.31. The minimum absolute atomic E-state index is 0.369. The molecule has 2 aromatic heterocycles. The third kappa shape index (κ3) is 3.63. The van der Waals surface area contributed by atoms with Crippen molar-refractivity contribution in [2.45, 2.75) is 51.5 Å². The van der Waals surface area contributed by atoms with E-state index in [1.807, 2.05) is 32.2 Å². The van der Waals surface area contributed by atoms with E-state index in [4.69, 9.17) is 4.42 Å². The maximum Gasteiger partial charge on any atom is 0.331 e. The van der Waals surface area contributed by atoms with Gasteiger partial charge in [0, 0.05) is 25.2 Å². The Labute approximate surface area is 148 Å². The lowest BCUT2D eigenvalue weighted by Gasteiger charge is -2.39. The number of carboxylic acids is 1. The van der Waals surface area contributed by atoms with Crippen LogP contribution in [0.1, 0.15) is 49.2 Å². The Morgan fingerprint density at radius 2 is 2.08 bits per heavy atom. The van der Waals surface area contributed by atoms with E-state index >= 15 is 0 Å². The molecule has 0 amide bonds. The Morgan fingerprint density at radius 3 is 2.60 bits per heavy atom. The summed E-state index contributed by atoms with van der Waals surface area (Å²) < 4.78 is 7.35. The van der Waals surface area contributed by atoms with Crippen LogP contribution in [0, 0.1) is 13.8 Å². The molecule has 1 atom stereocenters. The van der Waals surface area contributed by atoms with Crippen LogP contribution in [0.4, 0.5) is 0 Å². The van der Waals surface area contributed by atoms with Gasteiger partial charge < -0.3 is 14.4 Å². The average Bonchev–Trinajstić information content (AvgIpc) is 3.21. The average molecular weight is 345 g/mol. The molecule has 3 heterocycles. The molecule has 0 spiro atoms. The van der Waals surface area contributed by atoms with Gasteiger partial charge in [-0.25, -0.2) is 4.79 Å². The first-order valence-corrected chi connectivity index (χ1v) is 8.94. The number of piperidine rings is 1. The molecule has 0 aliphatic carbocycles. The number of aliphatic carboxylic acids is 1. The summed E-state index contributed by atoms with van der Waals surface area (Å²) in [6.45, 7) is 8.57. The second-order valence-electron chi connectivity index (χ2n) is 7.28. The topological polar surface area (TPSA) is 71.5 Å². The summed E-state index contributed by atoms with van der Waals surface area (Å²) in [7, 11) is 0. The summed E-state index contributed by atoms with van der Waals surface area (Å²) in [6, 6.07) is 4.05. The van der Waals surface area contributed by atoms with E-state index in [9.17, 15) is 9.90 Å². The predicted molar refractivity (Wildman–Crippen MR) is 94.7 cm³/mol. The van der Waals surface area contributed by atoms with Crippen LogP contribution in [0.25, 0.3) is 0 Å². The van der Waals surface area contributed by atoms with Crippen LogP contribution < -0.4 is 0 Å². The number of aromatic nitrogens is 2. The van der Waals surface area contributed by atoms with Gasteiger partial charge in [-0.3, -0.25) is 4.68 Å². The fourth-order valence-electron chi connectivity index (χ4n) is 3.57. The molecule has 1 unspecified atom stereocenters. The third-order valence-electron chi connectivity index (χ3n) is 5.36. The largest absolute Gasteiger partial charge is 0.479 e. The molecule has 1 aliphatic heterocycles. The summed E-state index contributed by atoms with van der Waals surface area (Å²) in [5, 5.41) is 14.1. The minimum atomic E-state index is -0.908. The Hall–Kier alpha value is -2.08. The molecule has 3 rings (SSSR count). The van der Waals surface area contributed by atoms with E-state index in [1.165, 1.54) is 0 Å². The zero-order valence-corrected chi connectivity index (χ0v) is 15.2. The van der Waals surface area contributed by atoms with Gasteiger partial charge in [-0.2, -0.15) is 5.10 Å². The number of rotatable bonds is 6. The normalized spacial score (nSPS) is 19.0. The number of likely N-dealkylation sites (tertiary alicyclic amines) is 1. The van der Waals surface area contributed by atoms with Crippen molar-refractivity contribution in [2.24, 2.45) is 0 Å². The van der Waals surface area contributed by atoms with Crippen LogP contribution in [-0.4, -0.2) is 45.4 Å². The first kappa shape index (κ1) is 17.7. The van der Waals surface area contributed by atoms with Crippen molar-refractivity contribution in [3.63, 3.8) is 0 Å². The number of furan rings is 1. The van der Waals surface area contributed by atoms with Crippen molar-refractivity contribution in [1.82, 2.24) is 14.7 Å². The summed E-state index contributed by atoms with van der Waals surface area (Å²) in [5.41, 5.74) is 0.0831. The zero-order valence-electron chi connectivity index (χ0n) is 15.2. The Morgan fingerprint density at radius 1 is 1.36 bits per heavy atom. The van der Waals surface area contributed by atoms with Gasteiger partial charge in [-0.15, -0.1) is 0 Å². The molecule has 1 saturated heterocycles. The van der Waals surface area contributed by atoms with Crippen LogP contribution >= 0.6 is 0 Å². The molecule has 1 fully saturated rings. The number of carboxylic acid groups (broad SMARTS) is 1. The highest BCUT2D eigenvalue weighted by molar-refractivity contribution is 5.76. The van der Waals surface area contributed by atoms with Gasteiger partial charge in [0.05, 0.1) is 6.20 Å². The molecule has 1 N–H and O–H groups in total. The maximum atomic E-state index is 12.0. The van der Waals surface area contributed by atoms with E-state index in [-0.39, 0.29) is 0 Å². The molecule has 6 heteroatoms. The quantitative estimate of drug-likeness (QED) is 0.871. The van der Waals surface area contributed by atoms with Crippen molar-refractivity contribution in [3.8, 4) is 0 Å². The third-order valence-corrected chi connectivity index (χ3v) is 5.36. The molecule has 0 radical (unpaired) electrons. The first-order chi connectivity index (χ1) is 11.9. The number of hydrogen-bond donors (Lipinski definition) is 1. The van der Waals surface area contributed by atoms with Crippen LogP contribution in [-0.2, 0) is 10.3 Å². The SMILES string of the molecule is Cc1cnn(C2(C(=O)O)CCN(CCC(C)c3ccc(C)o3)CC2)c1. The lowest BCUT2D eigenvalue weighted by Crippen LogP contribution is -2.51. The predicted octanol–water partition coefficient (Wildman–Crippen LogP) is 3.16. The van der Waals surface area contributed by atoms with Gasteiger partial charge >= 0.3 is 5.97 Å². The fourth-order valence-corrected chi connectivity index (χ4v) is 3.57. The Balaban J connectivity index is 1.58. The van der Waals surface area contributed by atoms with Crippen LogP contribution in [0.15, 0.2) is 28.9 Å². The Kier molecular flexibility index (Phi) is 4.99.